The highest BCUT2D eigenvalue weighted by Gasteiger charge is 2.34. The van der Waals surface area contributed by atoms with Gasteiger partial charge in [0.05, 0.1) is 16.2 Å². The average Bonchev–Trinajstić information content (AvgIpc) is 3.02. The van der Waals surface area contributed by atoms with Gasteiger partial charge < -0.3 is 9.64 Å². The molecule has 1 amide bonds. The average molecular weight is 366 g/mol. The van der Waals surface area contributed by atoms with Crippen LogP contribution in [0.15, 0.2) is 42.5 Å². The van der Waals surface area contributed by atoms with E-state index in [1.165, 1.54) is 29.2 Å². The molecule has 0 fully saturated rings. The molecule has 136 valence electrons. The number of fused-ring (bicyclic) bond motifs is 1. The van der Waals surface area contributed by atoms with Gasteiger partial charge in [-0.1, -0.05) is 18.2 Å². The zero-order chi connectivity index (χ0) is 18.9. The van der Waals surface area contributed by atoms with Crippen LogP contribution < -0.4 is 9.64 Å². The maximum atomic E-state index is 13.0. The van der Waals surface area contributed by atoms with E-state index in [1.54, 1.807) is 6.07 Å². The van der Waals surface area contributed by atoms with Crippen molar-refractivity contribution in [1.82, 2.24) is 0 Å². The Hall–Kier alpha value is -3.10. The van der Waals surface area contributed by atoms with Crippen molar-refractivity contribution in [3.05, 3.63) is 63.7 Å². The number of ether oxygens (including phenoxy) is 1. The highest BCUT2D eigenvalue weighted by Crippen LogP contribution is 2.36. The van der Waals surface area contributed by atoms with Gasteiger partial charge in [0.25, 0.3) is 11.6 Å². The fourth-order valence-corrected chi connectivity index (χ4v) is 2.78. The summed E-state index contributed by atoms with van der Waals surface area (Å²) < 4.78 is 43.9. The number of para-hydroxylation sites is 1. The molecule has 0 saturated carbocycles. The Balaban J connectivity index is 1.76. The van der Waals surface area contributed by atoms with Crippen molar-refractivity contribution in [1.29, 1.82) is 0 Å². The van der Waals surface area contributed by atoms with E-state index in [-0.39, 0.29) is 5.69 Å². The van der Waals surface area contributed by atoms with E-state index in [9.17, 15) is 28.1 Å². The quantitative estimate of drug-likeness (QED) is 0.612. The maximum Gasteiger partial charge on any atom is 0.419 e. The van der Waals surface area contributed by atoms with Crippen molar-refractivity contribution in [2.75, 3.05) is 18.1 Å². The number of hydrogen-bond acceptors (Lipinski definition) is 4. The number of anilines is 1. The molecule has 0 N–H and O–H groups in total. The third-order valence-corrected chi connectivity index (χ3v) is 4.02. The van der Waals surface area contributed by atoms with E-state index >= 15 is 0 Å². The lowest BCUT2D eigenvalue weighted by atomic mass is 10.1. The Bertz CT molecular complexity index is 867. The number of carbonyl (C=O) groups is 1. The van der Waals surface area contributed by atoms with Crippen LogP contribution in [0.2, 0.25) is 0 Å². The molecule has 0 atom stereocenters. The number of halogens is 3. The molecule has 2 aromatic carbocycles. The smallest absolute Gasteiger partial charge is 0.419 e. The molecule has 0 unspecified atom stereocenters. The van der Waals surface area contributed by atoms with Crippen molar-refractivity contribution in [2.24, 2.45) is 0 Å². The molecule has 0 aliphatic carbocycles. The van der Waals surface area contributed by atoms with Crippen molar-refractivity contribution >= 4 is 17.3 Å². The number of benzene rings is 2. The second-order valence-electron chi connectivity index (χ2n) is 5.65. The molecule has 0 bridgehead atoms. The molecule has 3 rings (SSSR count). The molecule has 0 spiro atoms. The van der Waals surface area contributed by atoms with Gasteiger partial charge in [0.15, 0.2) is 6.61 Å². The van der Waals surface area contributed by atoms with Crippen molar-refractivity contribution < 1.29 is 27.6 Å². The molecule has 1 heterocycles. The van der Waals surface area contributed by atoms with E-state index in [2.05, 4.69) is 0 Å². The van der Waals surface area contributed by atoms with Crippen LogP contribution in [0.5, 0.6) is 5.75 Å². The van der Waals surface area contributed by atoms with E-state index < -0.39 is 34.9 Å². The molecule has 0 saturated heterocycles. The third-order valence-electron chi connectivity index (χ3n) is 4.02. The zero-order valence-electron chi connectivity index (χ0n) is 13.3. The van der Waals surface area contributed by atoms with Crippen molar-refractivity contribution in [2.45, 2.75) is 12.6 Å². The summed E-state index contributed by atoms with van der Waals surface area (Å²) >= 11 is 0. The van der Waals surface area contributed by atoms with Crippen LogP contribution in [0.3, 0.4) is 0 Å². The molecule has 26 heavy (non-hydrogen) atoms. The van der Waals surface area contributed by atoms with Gasteiger partial charge in [-0.05, 0) is 24.1 Å². The first-order chi connectivity index (χ1) is 12.3. The second kappa shape index (κ2) is 6.66. The first-order valence-electron chi connectivity index (χ1n) is 7.64. The van der Waals surface area contributed by atoms with Crippen molar-refractivity contribution in [3.63, 3.8) is 0 Å². The topological polar surface area (TPSA) is 72.7 Å². The van der Waals surface area contributed by atoms with Gasteiger partial charge in [-0.3, -0.25) is 14.9 Å². The summed E-state index contributed by atoms with van der Waals surface area (Å²) in [4.78, 5) is 24.0. The highest BCUT2D eigenvalue weighted by atomic mass is 19.4. The molecular weight excluding hydrogens is 353 g/mol. The molecule has 0 radical (unpaired) electrons. The minimum atomic E-state index is -4.60. The van der Waals surface area contributed by atoms with Crippen LogP contribution >= 0.6 is 0 Å². The number of hydrogen-bond donors (Lipinski definition) is 0. The normalized spacial score (nSPS) is 13.4. The van der Waals surface area contributed by atoms with Gasteiger partial charge in [0.1, 0.15) is 5.75 Å². The summed E-state index contributed by atoms with van der Waals surface area (Å²) in [6.45, 7) is -0.311. The first kappa shape index (κ1) is 17.7. The zero-order valence-corrected chi connectivity index (χ0v) is 13.3. The number of amides is 1. The van der Waals surface area contributed by atoms with E-state index in [1.807, 2.05) is 0 Å². The van der Waals surface area contributed by atoms with Crippen LogP contribution in [-0.2, 0) is 17.4 Å². The molecule has 0 aromatic heterocycles. The van der Waals surface area contributed by atoms with Crippen LogP contribution in [0, 0.1) is 10.1 Å². The Morgan fingerprint density at radius 1 is 1.23 bits per heavy atom. The number of nitro benzene ring substituents is 1. The van der Waals surface area contributed by atoms with Crippen LogP contribution in [0.4, 0.5) is 24.5 Å². The summed E-state index contributed by atoms with van der Waals surface area (Å²) in [6.07, 6.45) is -4.08. The standard InChI is InChI=1S/C17H13F3N2O4/c18-17(19,20)13-3-1-2-4-15(13)26-10-16(23)21-8-7-11-5-6-12(22(24)25)9-14(11)21/h1-6,9H,7-8,10H2. The van der Waals surface area contributed by atoms with Gasteiger partial charge in [-0.25, -0.2) is 0 Å². The van der Waals surface area contributed by atoms with E-state index in [0.717, 1.165) is 17.7 Å². The first-order valence-corrected chi connectivity index (χ1v) is 7.64. The largest absolute Gasteiger partial charge is 0.483 e. The van der Waals surface area contributed by atoms with Crippen LogP contribution in [-0.4, -0.2) is 24.0 Å². The molecule has 6 nitrogen and oxygen atoms in total. The van der Waals surface area contributed by atoms with Gasteiger partial charge >= 0.3 is 6.18 Å². The second-order valence-corrected chi connectivity index (χ2v) is 5.65. The Morgan fingerprint density at radius 2 is 1.96 bits per heavy atom. The SMILES string of the molecule is O=C(COc1ccccc1C(F)(F)F)N1CCc2ccc([N+](=O)[O-])cc21. The maximum absolute atomic E-state index is 13.0. The Morgan fingerprint density at radius 3 is 2.65 bits per heavy atom. The molecule has 9 heteroatoms. The van der Waals surface area contributed by atoms with Crippen LogP contribution in [0.1, 0.15) is 11.1 Å². The number of alkyl halides is 3. The lowest BCUT2D eigenvalue weighted by Gasteiger charge is -2.19. The number of nitro groups is 1. The molecule has 1 aliphatic heterocycles. The molecular formula is C17H13F3N2O4. The van der Waals surface area contributed by atoms with E-state index in [4.69, 9.17) is 4.74 Å². The fraction of sp³-hybridized carbons (Fsp3) is 0.235. The lowest BCUT2D eigenvalue weighted by Crippen LogP contribution is -2.33. The monoisotopic (exact) mass is 366 g/mol. The minimum absolute atomic E-state index is 0.160. The molecule has 2 aromatic rings. The predicted molar refractivity (Wildman–Crippen MR) is 86.1 cm³/mol. The number of carbonyl (C=O) groups excluding carboxylic acids is 1. The van der Waals surface area contributed by atoms with E-state index in [0.29, 0.717) is 18.7 Å². The highest BCUT2D eigenvalue weighted by molar-refractivity contribution is 5.96. The number of non-ortho nitro benzene ring substituents is 1. The van der Waals surface area contributed by atoms with Gasteiger partial charge in [-0.2, -0.15) is 13.2 Å². The summed E-state index contributed by atoms with van der Waals surface area (Å²) in [5, 5.41) is 10.9. The summed E-state index contributed by atoms with van der Waals surface area (Å²) in [5.74, 6) is -1.01. The Labute approximate surface area is 145 Å². The minimum Gasteiger partial charge on any atom is -0.483 e. The fourth-order valence-electron chi connectivity index (χ4n) is 2.78. The van der Waals surface area contributed by atoms with Gasteiger partial charge in [0, 0.05) is 18.7 Å². The van der Waals surface area contributed by atoms with Crippen molar-refractivity contribution in [3.8, 4) is 5.75 Å². The molecule has 1 aliphatic rings. The predicted octanol–water partition coefficient (Wildman–Crippen LogP) is 3.58. The summed E-state index contributed by atoms with van der Waals surface area (Å²) in [6, 6.07) is 8.82. The summed E-state index contributed by atoms with van der Waals surface area (Å²) in [7, 11) is 0. The lowest BCUT2D eigenvalue weighted by molar-refractivity contribution is -0.384. The Kier molecular flexibility index (Phi) is 4.54. The third kappa shape index (κ3) is 3.46. The number of nitrogens with zero attached hydrogens (tertiary/aromatic N) is 2. The van der Waals surface area contributed by atoms with Gasteiger partial charge in [-0.15, -0.1) is 0 Å². The van der Waals surface area contributed by atoms with Crippen LogP contribution in [0.25, 0.3) is 0 Å². The number of rotatable bonds is 4. The summed E-state index contributed by atoms with van der Waals surface area (Å²) in [5.41, 5.74) is 0.0218. The van der Waals surface area contributed by atoms with Gasteiger partial charge in [0.2, 0.25) is 0 Å².